The predicted octanol–water partition coefficient (Wildman–Crippen LogP) is 6.06. The van der Waals surface area contributed by atoms with Gasteiger partial charge < -0.3 is 4.90 Å². The number of para-hydroxylation sites is 2. The first-order chi connectivity index (χ1) is 15.2. The van der Waals surface area contributed by atoms with Crippen LogP contribution in [0.25, 0.3) is 0 Å². The molecule has 0 unspecified atom stereocenters. The van der Waals surface area contributed by atoms with Gasteiger partial charge in [-0.3, -0.25) is 4.79 Å². The molecule has 0 aliphatic carbocycles. The van der Waals surface area contributed by atoms with Gasteiger partial charge in [0, 0.05) is 17.1 Å². The third-order valence-corrected chi connectivity index (χ3v) is 4.68. The Morgan fingerprint density at radius 3 is 1.81 bits per heavy atom. The van der Waals surface area contributed by atoms with E-state index in [1.165, 1.54) is 24.4 Å². The maximum absolute atomic E-state index is 13.7. The third kappa shape index (κ3) is 4.85. The summed E-state index contributed by atoms with van der Waals surface area (Å²) in [6.45, 7) is 0. The zero-order valence-electron chi connectivity index (χ0n) is 16.7. The topological polar surface area (TPSA) is 44.7 Å². The highest BCUT2D eigenvalue weighted by Gasteiger charge is 2.11. The zero-order chi connectivity index (χ0) is 21.5. The van der Waals surface area contributed by atoms with Gasteiger partial charge in [-0.2, -0.15) is 5.10 Å². The fourth-order valence-corrected chi connectivity index (χ4v) is 3.18. The fraction of sp³-hybridized carbons (Fsp3) is 0. The van der Waals surface area contributed by atoms with Crippen molar-refractivity contribution in [2.75, 3.05) is 4.90 Å². The van der Waals surface area contributed by atoms with Gasteiger partial charge >= 0.3 is 0 Å². The Kier molecular flexibility index (Phi) is 6.14. The highest BCUT2D eigenvalue weighted by Crippen LogP contribution is 2.33. The van der Waals surface area contributed by atoms with E-state index in [-0.39, 0.29) is 5.56 Å². The molecule has 152 valence electrons. The summed E-state index contributed by atoms with van der Waals surface area (Å²) in [6, 6.07) is 33.8. The van der Waals surface area contributed by atoms with Crippen LogP contribution in [0.3, 0.4) is 0 Å². The Balaban J connectivity index is 1.52. The number of carbonyl (C=O) groups is 1. The van der Waals surface area contributed by atoms with Crippen molar-refractivity contribution in [1.82, 2.24) is 5.43 Å². The van der Waals surface area contributed by atoms with Crippen molar-refractivity contribution >= 4 is 29.2 Å². The van der Waals surface area contributed by atoms with Gasteiger partial charge in [0.1, 0.15) is 5.82 Å². The van der Waals surface area contributed by atoms with Crippen molar-refractivity contribution in [3.8, 4) is 0 Å². The molecular weight excluding hydrogens is 389 g/mol. The van der Waals surface area contributed by atoms with E-state index in [0.29, 0.717) is 0 Å². The number of anilines is 3. The van der Waals surface area contributed by atoms with Crippen molar-refractivity contribution in [3.63, 3.8) is 0 Å². The highest BCUT2D eigenvalue weighted by molar-refractivity contribution is 5.95. The lowest BCUT2D eigenvalue weighted by molar-refractivity contribution is 0.0951. The Hall–Kier alpha value is -4.25. The molecule has 0 radical (unpaired) electrons. The van der Waals surface area contributed by atoms with Crippen LogP contribution in [-0.2, 0) is 0 Å². The number of hydrogen-bond donors (Lipinski definition) is 1. The van der Waals surface area contributed by atoms with Crippen LogP contribution >= 0.6 is 0 Å². The van der Waals surface area contributed by atoms with Crippen LogP contribution in [0.5, 0.6) is 0 Å². The molecule has 0 aliphatic heterocycles. The van der Waals surface area contributed by atoms with Crippen LogP contribution in [0, 0.1) is 5.82 Å². The molecule has 0 heterocycles. The maximum Gasteiger partial charge on any atom is 0.274 e. The van der Waals surface area contributed by atoms with Crippen LogP contribution in [-0.4, -0.2) is 12.1 Å². The molecule has 0 fully saturated rings. The normalized spacial score (nSPS) is 10.7. The monoisotopic (exact) mass is 409 g/mol. The molecule has 0 spiro atoms. The summed E-state index contributed by atoms with van der Waals surface area (Å²) >= 11 is 0. The Labute approximate surface area is 180 Å². The molecule has 0 saturated carbocycles. The van der Waals surface area contributed by atoms with Crippen LogP contribution in [0.4, 0.5) is 21.5 Å². The van der Waals surface area contributed by atoms with Gasteiger partial charge in [-0.15, -0.1) is 0 Å². The molecule has 0 aromatic heterocycles. The number of hydrazone groups is 1. The Bertz CT molecular complexity index is 1140. The number of nitrogens with zero attached hydrogens (tertiary/aromatic N) is 2. The lowest BCUT2D eigenvalue weighted by Gasteiger charge is -2.25. The molecule has 0 aliphatic rings. The molecule has 4 aromatic carbocycles. The summed E-state index contributed by atoms with van der Waals surface area (Å²) in [6.07, 6.45) is 1.53. The van der Waals surface area contributed by atoms with Gasteiger partial charge in [0.25, 0.3) is 5.91 Å². The minimum atomic E-state index is -0.592. The van der Waals surface area contributed by atoms with Crippen molar-refractivity contribution in [1.29, 1.82) is 0 Å². The van der Waals surface area contributed by atoms with Crippen LogP contribution in [0.2, 0.25) is 0 Å². The first kappa shape index (κ1) is 20.0. The zero-order valence-corrected chi connectivity index (χ0v) is 16.7. The second-order valence-electron chi connectivity index (χ2n) is 6.78. The summed E-state index contributed by atoms with van der Waals surface area (Å²) in [5.74, 6) is -1.17. The number of rotatable bonds is 6. The number of halogens is 1. The Morgan fingerprint density at radius 2 is 1.23 bits per heavy atom. The fourth-order valence-electron chi connectivity index (χ4n) is 3.18. The quantitative estimate of drug-likeness (QED) is 0.311. The van der Waals surface area contributed by atoms with Gasteiger partial charge in [-0.25, -0.2) is 9.82 Å². The molecule has 1 N–H and O–H groups in total. The maximum atomic E-state index is 13.7. The largest absolute Gasteiger partial charge is 0.311 e. The van der Waals surface area contributed by atoms with E-state index >= 15 is 0 Å². The second-order valence-corrected chi connectivity index (χ2v) is 6.78. The van der Waals surface area contributed by atoms with E-state index in [9.17, 15) is 9.18 Å². The van der Waals surface area contributed by atoms with Crippen LogP contribution < -0.4 is 10.3 Å². The summed E-state index contributed by atoms with van der Waals surface area (Å²) in [5.41, 5.74) is 6.20. The lowest BCUT2D eigenvalue weighted by atomic mass is 10.1. The number of amides is 1. The van der Waals surface area contributed by atoms with Gasteiger partial charge in [0.2, 0.25) is 0 Å². The minimum absolute atomic E-state index is 0.0450. The molecular formula is C26H20FN3O. The van der Waals surface area contributed by atoms with Gasteiger partial charge in [-0.05, 0) is 54.1 Å². The molecule has 5 heteroatoms. The second kappa shape index (κ2) is 9.50. The molecule has 4 rings (SSSR count). The molecule has 1 amide bonds. The van der Waals surface area contributed by atoms with E-state index in [1.807, 2.05) is 60.7 Å². The van der Waals surface area contributed by atoms with Crippen molar-refractivity contribution in [2.24, 2.45) is 5.10 Å². The van der Waals surface area contributed by atoms with E-state index in [4.69, 9.17) is 0 Å². The van der Waals surface area contributed by atoms with E-state index in [0.717, 1.165) is 22.6 Å². The van der Waals surface area contributed by atoms with E-state index < -0.39 is 11.7 Å². The van der Waals surface area contributed by atoms with Crippen LogP contribution in [0.15, 0.2) is 114 Å². The number of carbonyl (C=O) groups excluding carboxylic acids is 1. The van der Waals surface area contributed by atoms with Gasteiger partial charge in [-0.1, -0.05) is 60.7 Å². The summed E-state index contributed by atoms with van der Waals surface area (Å²) in [7, 11) is 0. The van der Waals surface area contributed by atoms with Gasteiger partial charge in [0.05, 0.1) is 11.8 Å². The molecule has 0 bridgehead atoms. The number of nitrogens with one attached hydrogen (secondary N) is 1. The summed E-state index contributed by atoms with van der Waals surface area (Å²) in [5, 5.41) is 3.95. The summed E-state index contributed by atoms with van der Waals surface area (Å²) in [4.78, 5) is 14.2. The SMILES string of the molecule is O=C(N/N=C/c1ccc(N(c2ccccc2)c2ccccc2)cc1)c1ccccc1F. The summed E-state index contributed by atoms with van der Waals surface area (Å²) < 4.78 is 13.7. The molecule has 31 heavy (non-hydrogen) atoms. The van der Waals surface area contributed by atoms with Crippen molar-refractivity contribution in [3.05, 3.63) is 126 Å². The molecule has 0 atom stereocenters. The van der Waals surface area contributed by atoms with Crippen molar-refractivity contribution < 1.29 is 9.18 Å². The lowest BCUT2D eigenvalue weighted by Crippen LogP contribution is -2.18. The van der Waals surface area contributed by atoms with Crippen LogP contribution in [0.1, 0.15) is 15.9 Å². The highest BCUT2D eigenvalue weighted by atomic mass is 19.1. The standard InChI is InChI=1S/C26H20FN3O/c27-25-14-8-7-13-24(25)26(31)29-28-19-20-15-17-23(18-16-20)30(21-9-3-1-4-10-21)22-11-5-2-6-12-22/h1-19H,(H,29,31)/b28-19+. The minimum Gasteiger partial charge on any atom is -0.311 e. The molecule has 4 nitrogen and oxygen atoms in total. The predicted molar refractivity (Wildman–Crippen MR) is 123 cm³/mol. The van der Waals surface area contributed by atoms with E-state index in [2.05, 4.69) is 39.7 Å². The average molecular weight is 409 g/mol. The first-order valence-electron chi connectivity index (χ1n) is 9.80. The smallest absolute Gasteiger partial charge is 0.274 e. The average Bonchev–Trinajstić information content (AvgIpc) is 2.82. The Morgan fingerprint density at radius 1 is 0.710 bits per heavy atom. The van der Waals surface area contributed by atoms with E-state index in [1.54, 1.807) is 6.07 Å². The van der Waals surface area contributed by atoms with Gasteiger partial charge in [0.15, 0.2) is 0 Å². The molecule has 0 saturated heterocycles. The first-order valence-corrected chi connectivity index (χ1v) is 9.80. The number of benzene rings is 4. The van der Waals surface area contributed by atoms with Crippen molar-refractivity contribution in [2.45, 2.75) is 0 Å². The number of hydrogen-bond acceptors (Lipinski definition) is 3. The molecule has 4 aromatic rings. The third-order valence-electron chi connectivity index (χ3n) is 4.68.